The molecular formula is C23H32N4O. The second kappa shape index (κ2) is 7.86. The molecule has 0 aromatic carbocycles. The summed E-state index contributed by atoms with van der Waals surface area (Å²) in [7, 11) is 0. The maximum absolute atomic E-state index is 6.43. The van der Waals surface area contributed by atoms with Gasteiger partial charge in [-0.25, -0.2) is 4.98 Å². The summed E-state index contributed by atoms with van der Waals surface area (Å²) in [5, 5.41) is 4.66. The lowest BCUT2D eigenvalue weighted by Crippen LogP contribution is -2.40. The summed E-state index contributed by atoms with van der Waals surface area (Å²) in [6.45, 7) is 4.63. The zero-order chi connectivity index (χ0) is 18.9. The van der Waals surface area contributed by atoms with Gasteiger partial charge in [-0.1, -0.05) is 25.3 Å². The molecule has 5 nitrogen and oxygen atoms in total. The third-order valence-corrected chi connectivity index (χ3v) is 7.18. The highest BCUT2D eigenvalue weighted by atomic mass is 16.5. The van der Waals surface area contributed by atoms with Crippen LogP contribution in [0.5, 0.6) is 5.88 Å². The van der Waals surface area contributed by atoms with Crippen molar-refractivity contribution in [2.45, 2.75) is 70.1 Å². The van der Waals surface area contributed by atoms with E-state index < -0.39 is 0 Å². The highest BCUT2D eigenvalue weighted by Gasteiger charge is 2.45. The fraction of sp³-hybridized carbons (Fsp3) is 0.652. The number of hydrogen-bond acceptors (Lipinski definition) is 4. The third-order valence-electron chi connectivity index (χ3n) is 7.18. The molecule has 150 valence electrons. The van der Waals surface area contributed by atoms with Crippen LogP contribution in [0.2, 0.25) is 0 Å². The molecule has 28 heavy (non-hydrogen) atoms. The number of rotatable bonds is 4. The molecule has 5 rings (SSSR count). The zero-order valence-corrected chi connectivity index (χ0v) is 16.9. The van der Waals surface area contributed by atoms with E-state index in [0.29, 0.717) is 6.04 Å². The summed E-state index contributed by atoms with van der Waals surface area (Å²) in [5.74, 6) is 2.24. The smallest absolute Gasteiger partial charge is 0.213 e. The van der Waals surface area contributed by atoms with Gasteiger partial charge in [0, 0.05) is 37.6 Å². The van der Waals surface area contributed by atoms with Crippen LogP contribution in [-0.4, -0.2) is 44.9 Å². The van der Waals surface area contributed by atoms with Gasteiger partial charge in [0.15, 0.2) is 0 Å². The molecule has 3 heterocycles. The zero-order valence-electron chi connectivity index (χ0n) is 16.9. The number of likely N-dealkylation sites (tertiary alicyclic amines) is 1. The van der Waals surface area contributed by atoms with Crippen molar-refractivity contribution in [3.63, 3.8) is 0 Å². The minimum Gasteiger partial charge on any atom is -0.472 e. The average molecular weight is 381 g/mol. The molecule has 2 aromatic heterocycles. The van der Waals surface area contributed by atoms with E-state index >= 15 is 0 Å². The number of ether oxygens (including phenoxy) is 1. The van der Waals surface area contributed by atoms with Crippen LogP contribution in [0.15, 0.2) is 36.8 Å². The van der Waals surface area contributed by atoms with E-state index in [4.69, 9.17) is 4.74 Å². The normalized spacial score (nSPS) is 31.6. The van der Waals surface area contributed by atoms with Crippen LogP contribution in [0, 0.1) is 18.8 Å². The van der Waals surface area contributed by atoms with Crippen LogP contribution in [0.1, 0.15) is 56.6 Å². The molecule has 4 atom stereocenters. The van der Waals surface area contributed by atoms with Crippen molar-refractivity contribution in [1.82, 2.24) is 19.7 Å². The van der Waals surface area contributed by atoms with Gasteiger partial charge in [-0.05, 0) is 56.1 Å². The molecule has 2 aliphatic carbocycles. The highest BCUT2D eigenvalue weighted by molar-refractivity contribution is 5.11. The molecule has 2 aromatic rings. The first-order valence-corrected chi connectivity index (χ1v) is 11.1. The predicted molar refractivity (Wildman–Crippen MR) is 109 cm³/mol. The topological polar surface area (TPSA) is 43.2 Å². The molecule has 1 saturated heterocycles. The van der Waals surface area contributed by atoms with Gasteiger partial charge in [0.05, 0.1) is 12.2 Å². The Balaban J connectivity index is 1.35. The maximum atomic E-state index is 6.43. The van der Waals surface area contributed by atoms with Crippen LogP contribution >= 0.6 is 0 Å². The number of hydrogen-bond donors (Lipinski definition) is 0. The third kappa shape index (κ3) is 3.69. The molecule has 2 saturated carbocycles. The Labute approximate surface area is 168 Å². The maximum Gasteiger partial charge on any atom is 0.213 e. The van der Waals surface area contributed by atoms with E-state index in [1.165, 1.54) is 50.8 Å². The first-order valence-electron chi connectivity index (χ1n) is 11.1. The fourth-order valence-corrected chi connectivity index (χ4v) is 5.76. The molecule has 1 aliphatic heterocycles. The largest absolute Gasteiger partial charge is 0.472 e. The SMILES string of the molecule is Cc1cnn([C@H]2C[C@H]3CN(C4CCCCC4)C[C@H]3C[C@@H]2Oc2ccccn2)c1. The van der Waals surface area contributed by atoms with Crippen LogP contribution < -0.4 is 4.74 Å². The standard InChI is InChI=1S/C23H32N4O/c1-17-13-25-27(14-17)21-11-18-15-26(20-7-3-2-4-8-20)16-19(18)12-22(21)28-23-9-5-6-10-24-23/h5-6,9-10,13-14,18-22H,2-4,7-8,11-12,15-16H2,1H3/t18-,19+,21-,22-/m0/s1. The highest BCUT2D eigenvalue weighted by Crippen LogP contribution is 2.44. The van der Waals surface area contributed by atoms with Gasteiger partial charge in [-0.3, -0.25) is 9.58 Å². The van der Waals surface area contributed by atoms with Crippen molar-refractivity contribution in [1.29, 1.82) is 0 Å². The first-order chi connectivity index (χ1) is 13.8. The number of aryl methyl sites for hydroxylation is 1. The van der Waals surface area contributed by atoms with E-state index in [1.807, 2.05) is 30.6 Å². The molecule has 0 bridgehead atoms. The molecule has 0 spiro atoms. The lowest BCUT2D eigenvalue weighted by Gasteiger charge is -2.37. The van der Waals surface area contributed by atoms with Crippen LogP contribution in [0.4, 0.5) is 0 Å². The van der Waals surface area contributed by atoms with Crippen molar-refractivity contribution in [3.05, 3.63) is 42.4 Å². The minimum absolute atomic E-state index is 0.141. The van der Waals surface area contributed by atoms with Crippen molar-refractivity contribution < 1.29 is 4.74 Å². The average Bonchev–Trinajstić information content (AvgIpc) is 3.34. The number of nitrogens with zero attached hydrogens (tertiary/aromatic N) is 4. The van der Waals surface area contributed by atoms with Gasteiger partial charge in [0.25, 0.3) is 0 Å². The molecule has 0 N–H and O–H groups in total. The number of aromatic nitrogens is 3. The summed E-state index contributed by atoms with van der Waals surface area (Å²) in [6.07, 6.45) is 15.4. The minimum atomic E-state index is 0.141. The van der Waals surface area contributed by atoms with Crippen LogP contribution in [-0.2, 0) is 0 Å². The number of fused-ring (bicyclic) bond motifs is 1. The van der Waals surface area contributed by atoms with E-state index in [1.54, 1.807) is 0 Å². The van der Waals surface area contributed by atoms with Crippen molar-refractivity contribution in [2.24, 2.45) is 11.8 Å². The van der Waals surface area contributed by atoms with Gasteiger partial charge in [-0.15, -0.1) is 0 Å². The number of pyridine rings is 1. The molecular weight excluding hydrogens is 348 g/mol. The van der Waals surface area contributed by atoms with Crippen molar-refractivity contribution in [2.75, 3.05) is 13.1 Å². The van der Waals surface area contributed by atoms with Gasteiger partial charge >= 0.3 is 0 Å². The van der Waals surface area contributed by atoms with Gasteiger partial charge in [0.1, 0.15) is 6.10 Å². The van der Waals surface area contributed by atoms with E-state index in [9.17, 15) is 0 Å². The van der Waals surface area contributed by atoms with E-state index in [-0.39, 0.29) is 6.10 Å². The monoisotopic (exact) mass is 380 g/mol. The fourth-order valence-electron chi connectivity index (χ4n) is 5.76. The summed E-state index contributed by atoms with van der Waals surface area (Å²) in [6, 6.07) is 7.03. The summed E-state index contributed by atoms with van der Waals surface area (Å²) < 4.78 is 8.59. The molecule has 0 amide bonds. The predicted octanol–water partition coefficient (Wildman–Crippen LogP) is 4.25. The molecule has 5 heteroatoms. The lowest BCUT2D eigenvalue weighted by atomic mass is 9.77. The Morgan fingerprint density at radius 3 is 2.57 bits per heavy atom. The quantitative estimate of drug-likeness (QED) is 0.795. The second-order valence-electron chi connectivity index (χ2n) is 9.13. The first kappa shape index (κ1) is 18.2. The Bertz CT molecular complexity index is 770. The van der Waals surface area contributed by atoms with Crippen LogP contribution in [0.25, 0.3) is 0 Å². The summed E-state index contributed by atoms with van der Waals surface area (Å²) in [5.41, 5.74) is 1.22. The van der Waals surface area contributed by atoms with Crippen LogP contribution in [0.3, 0.4) is 0 Å². The van der Waals surface area contributed by atoms with Crippen molar-refractivity contribution in [3.8, 4) is 5.88 Å². The Morgan fingerprint density at radius 1 is 1.04 bits per heavy atom. The van der Waals surface area contributed by atoms with E-state index in [0.717, 1.165) is 36.6 Å². The van der Waals surface area contributed by atoms with E-state index in [2.05, 4.69) is 32.8 Å². The Morgan fingerprint density at radius 2 is 1.86 bits per heavy atom. The molecule has 0 radical (unpaired) electrons. The molecule has 3 fully saturated rings. The summed E-state index contributed by atoms with van der Waals surface area (Å²) in [4.78, 5) is 7.23. The van der Waals surface area contributed by atoms with Crippen molar-refractivity contribution >= 4 is 0 Å². The van der Waals surface area contributed by atoms with Gasteiger partial charge < -0.3 is 4.74 Å². The molecule has 3 aliphatic rings. The van der Waals surface area contributed by atoms with Gasteiger partial charge in [0.2, 0.25) is 5.88 Å². The van der Waals surface area contributed by atoms with Gasteiger partial charge in [-0.2, -0.15) is 5.10 Å². The second-order valence-corrected chi connectivity index (χ2v) is 9.13. The lowest BCUT2D eigenvalue weighted by molar-refractivity contribution is 0.0459. The summed E-state index contributed by atoms with van der Waals surface area (Å²) >= 11 is 0. The Kier molecular flexibility index (Phi) is 5.10. The Hall–Kier alpha value is -1.88. The molecule has 0 unspecified atom stereocenters.